The molecule has 2 aliphatic rings. The first-order valence-electron chi connectivity index (χ1n) is 31.7. The van der Waals surface area contributed by atoms with Gasteiger partial charge < -0.3 is 18.3 Å². The molecule has 4 heterocycles. The van der Waals surface area contributed by atoms with E-state index in [4.69, 9.17) is 0 Å². The van der Waals surface area contributed by atoms with Gasteiger partial charge in [-0.3, -0.25) is 0 Å². The van der Waals surface area contributed by atoms with Crippen LogP contribution in [-0.2, 0) is 10.8 Å². The maximum absolute atomic E-state index is 11.8. The zero-order chi connectivity index (χ0) is 61.5. The fourth-order valence-corrected chi connectivity index (χ4v) is 16.4. The van der Waals surface area contributed by atoms with Crippen LogP contribution in [0, 0.1) is 17.9 Å². The van der Waals surface area contributed by atoms with Gasteiger partial charge in [0.05, 0.1) is 67.6 Å². The van der Waals surface area contributed by atoms with E-state index in [1.807, 2.05) is 12.1 Å². The molecule has 0 aliphatic heterocycles. The molecule has 0 bridgehead atoms. The quantitative estimate of drug-likeness (QED) is 0.153. The van der Waals surface area contributed by atoms with Crippen LogP contribution in [-0.4, -0.2) is 18.3 Å². The predicted octanol–water partition coefficient (Wildman–Crippen LogP) is 22.4. The topological polar surface area (TPSA) is 47.9 Å². The molecule has 92 heavy (non-hydrogen) atoms. The van der Waals surface area contributed by atoms with Crippen molar-refractivity contribution in [2.45, 2.75) is 38.5 Å². The molecule has 6 nitrogen and oxygen atoms in total. The van der Waals surface area contributed by atoms with Gasteiger partial charge >= 0.3 is 0 Å². The molecule has 0 unspecified atom stereocenters. The molecule has 0 amide bonds. The summed E-state index contributed by atoms with van der Waals surface area (Å²) in [5.41, 5.74) is 26.8. The molecule has 0 fully saturated rings. The minimum Gasteiger partial charge on any atom is -0.319 e. The van der Waals surface area contributed by atoms with Crippen LogP contribution in [0.1, 0.15) is 55.5 Å². The molecular formula is C86H56N6. The van der Waals surface area contributed by atoms with E-state index in [1.165, 1.54) is 77.1 Å². The van der Waals surface area contributed by atoms with Crippen LogP contribution in [0.2, 0.25) is 0 Å². The van der Waals surface area contributed by atoms with E-state index in [0.29, 0.717) is 22.6 Å². The smallest absolute Gasteiger partial charge is 0.212 e. The Morgan fingerprint density at radius 2 is 0.685 bits per heavy atom. The van der Waals surface area contributed by atoms with E-state index in [0.717, 1.165) is 88.3 Å². The normalized spacial score (nSPS) is 13.6. The van der Waals surface area contributed by atoms with Gasteiger partial charge in [0.25, 0.3) is 0 Å². The highest BCUT2D eigenvalue weighted by molar-refractivity contribution is 6.17. The molecule has 430 valence electrons. The Kier molecular flexibility index (Phi) is 10.6. The van der Waals surface area contributed by atoms with Crippen molar-refractivity contribution in [2.24, 2.45) is 0 Å². The van der Waals surface area contributed by atoms with Gasteiger partial charge in [-0.15, -0.1) is 0 Å². The number of benzene rings is 13. The van der Waals surface area contributed by atoms with E-state index in [2.05, 4.69) is 312 Å². The zero-order valence-electron chi connectivity index (χ0n) is 51.1. The zero-order valence-corrected chi connectivity index (χ0v) is 51.1. The van der Waals surface area contributed by atoms with Crippen molar-refractivity contribution in [3.8, 4) is 73.3 Å². The number of para-hydroxylation sites is 4. The average Bonchev–Trinajstić information content (AvgIpc) is 1.56. The predicted molar refractivity (Wildman–Crippen MR) is 381 cm³/mol. The van der Waals surface area contributed by atoms with Gasteiger partial charge in [0.1, 0.15) is 6.07 Å². The Bertz CT molecular complexity index is 5820. The summed E-state index contributed by atoms with van der Waals surface area (Å²) in [6.07, 6.45) is 0. The number of hydrogen-bond donors (Lipinski definition) is 0. The maximum atomic E-state index is 11.8. The number of nitrogens with zero attached hydrogens (tertiary/aromatic N) is 6. The molecule has 0 spiro atoms. The van der Waals surface area contributed by atoms with Gasteiger partial charge in [0.15, 0.2) is 0 Å². The van der Waals surface area contributed by atoms with Crippen molar-refractivity contribution in [3.05, 3.63) is 306 Å². The van der Waals surface area contributed by atoms with Gasteiger partial charge in [-0.25, -0.2) is 4.85 Å². The van der Waals surface area contributed by atoms with Gasteiger partial charge in [-0.05, 0) is 176 Å². The highest BCUT2D eigenvalue weighted by atomic mass is 15.0. The Labute approximate surface area is 531 Å². The second-order valence-electron chi connectivity index (χ2n) is 26.2. The van der Waals surface area contributed by atoms with Gasteiger partial charge in [-0.1, -0.05) is 185 Å². The van der Waals surface area contributed by atoms with Crippen molar-refractivity contribution in [1.29, 1.82) is 5.26 Å². The molecule has 2 aliphatic carbocycles. The summed E-state index contributed by atoms with van der Waals surface area (Å²) in [5, 5.41) is 20.9. The summed E-state index contributed by atoms with van der Waals surface area (Å²) in [5.74, 6) is 0. The standard InChI is InChI=1S/C86H56N6/c1-85(2)70-28-16-12-24-58(70)64-45-68-66-40-51(53-32-36-62-60-26-14-18-30-75(60)89(80(62)42-53)56-20-8-6-9-21-56)34-38-77(66)91(82(68)47-72(64)85)79-49-74(88-5)84(44-55(79)50-87)92-78-39-35-52(41-67(78)69-46-65-59-25-13-17-29-71(59)86(3,4)73(65)48-83(69)92)54-33-37-63-61-27-15-19-31-76(61)90(81(63)43-54)57-22-10-7-11-23-57/h6-49H,1-4H3. The fraction of sp³-hybridized carbons (Fsp3) is 0.0698. The van der Waals surface area contributed by atoms with Gasteiger partial charge in [0.2, 0.25) is 5.69 Å². The highest BCUT2D eigenvalue weighted by Gasteiger charge is 2.38. The molecule has 6 heteroatoms. The summed E-state index contributed by atoms with van der Waals surface area (Å²) in [4.78, 5) is 4.46. The minimum absolute atomic E-state index is 0.287. The average molecular weight is 1170 g/mol. The molecule has 0 saturated heterocycles. The van der Waals surface area contributed by atoms with Crippen LogP contribution in [0.15, 0.2) is 267 Å². The third kappa shape index (κ3) is 7.07. The van der Waals surface area contributed by atoms with Gasteiger partial charge in [0, 0.05) is 65.3 Å². The summed E-state index contributed by atoms with van der Waals surface area (Å²) in [7, 11) is 0. The van der Waals surface area contributed by atoms with E-state index in [-0.39, 0.29) is 10.8 Å². The number of rotatable bonds is 6. The largest absolute Gasteiger partial charge is 0.319 e. The second kappa shape index (κ2) is 18.8. The lowest BCUT2D eigenvalue weighted by molar-refractivity contribution is 0.661. The lowest BCUT2D eigenvalue weighted by atomic mass is 9.82. The van der Waals surface area contributed by atoms with Crippen molar-refractivity contribution in [3.63, 3.8) is 0 Å². The maximum Gasteiger partial charge on any atom is 0.212 e. The molecule has 19 rings (SSSR count). The first kappa shape index (κ1) is 52.0. The minimum atomic E-state index is -0.288. The van der Waals surface area contributed by atoms with Crippen LogP contribution < -0.4 is 0 Å². The van der Waals surface area contributed by atoms with Crippen molar-refractivity contribution in [2.75, 3.05) is 0 Å². The Balaban J connectivity index is 0.832. The SMILES string of the molecule is [C-]#[N+]c1cc(-n2c3ccc(-c4ccc5c6ccccc6n(-c6ccccc6)c5c4)cc3c3cc4c(cc32)C(C)(C)c2ccccc2-4)c(C#N)cc1-n1c2ccc(-c3ccc4c5ccccc5n(-c5ccccc5)c4c3)cc2c2cc3c(cc21)C(C)(C)c1ccccc1-3. The van der Waals surface area contributed by atoms with Crippen LogP contribution >= 0.6 is 0 Å². The summed E-state index contributed by atoms with van der Waals surface area (Å²) in [6.45, 7) is 18.5. The highest BCUT2D eigenvalue weighted by Crippen LogP contribution is 2.54. The number of hydrogen-bond acceptors (Lipinski definition) is 1. The number of fused-ring (bicyclic) bond motifs is 18. The third-order valence-electron chi connectivity index (χ3n) is 20.8. The number of nitriles is 1. The van der Waals surface area contributed by atoms with E-state index >= 15 is 0 Å². The number of aromatic nitrogens is 4. The Morgan fingerprint density at radius 1 is 0.304 bits per heavy atom. The van der Waals surface area contributed by atoms with Gasteiger partial charge in [-0.2, -0.15) is 5.26 Å². The summed E-state index contributed by atoms with van der Waals surface area (Å²) < 4.78 is 9.28. The first-order valence-corrected chi connectivity index (χ1v) is 31.7. The molecule has 0 N–H and O–H groups in total. The molecule has 0 atom stereocenters. The lowest BCUT2D eigenvalue weighted by Crippen LogP contribution is -2.15. The molecule has 0 saturated carbocycles. The third-order valence-corrected chi connectivity index (χ3v) is 20.8. The Hall–Kier alpha value is -12.0. The van der Waals surface area contributed by atoms with E-state index in [1.54, 1.807) is 0 Å². The lowest BCUT2D eigenvalue weighted by Gasteiger charge is -2.22. The van der Waals surface area contributed by atoms with Crippen molar-refractivity contribution < 1.29 is 0 Å². The molecule has 4 aromatic heterocycles. The fourth-order valence-electron chi connectivity index (χ4n) is 16.4. The van der Waals surface area contributed by atoms with E-state index in [9.17, 15) is 11.8 Å². The monoisotopic (exact) mass is 1170 g/mol. The first-order chi connectivity index (χ1) is 45.0. The Morgan fingerprint density at radius 3 is 1.16 bits per heavy atom. The molecule has 17 aromatic rings. The van der Waals surface area contributed by atoms with E-state index < -0.39 is 0 Å². The molecule has 13 aromatic carbocycles. The summed E-state index contributed by atoms with van der Waals surface area (Å²) in [6, 6.07) is 99.7. The molecule has 0 radical (unpaired) electrons. The summed E-state index contributed by atoms with van der Waals surface area (Å²) >= 11 is 0. The van der Waals surface area contributed by atoms with Crippen LogP contribution in [0.4, 0.5) is 5.69 Å². The van der Waals surface area contributed by atoms with Crippen LogP contribution in [0.25, 0.3) is 159 Å². The van der Waals surface area contributed by atoms with Crippen molar-refractivity contribution in [1.82, 2.24) is 18.3 Å². The van der Waals surface area contributed by atoms with Crippen molar-refractivity contribution >= 4 is 92.9 Å². The van der Waals surface area contributed by atoms with Crippen LogP contribution in [0.3, 0.4) is 0 Å². The molecular weight excluding hydrogens is 1120 g/mol. The van der Waals surface area contributed by atoms with Crippen LogP contribution in [0.5, 0.6) is 0 Å². The second-order valence-corrected chi connectivity index (χ2v) is 26.2.